The average Bonchev–Trinajstić information content (AvgIpc) is 1.90. The summed E-state index contributed by atoms with van der Waals surface area (Å²) in [6.45, 7) is 2.98. The molecular formula is C11H20N2. The summed E-state index contributed by atoms with van der Waals surface area (Å²) in [4.78, 5) is 2.08. The third-order valence-corrected chi connectivity index (χ3v) is 3.96. The number of hydrogen-bond donors (Lipinski definition) is 1. The van der Waals surface area contributed by atoms with Gasteiger partial charge in [0.05, 0.1) is 5.84 Å². The molecule has 0 heterocycles. The van der Waals surface area contributed by atoms with Crippen molar-refractivity contribution in [1.29, 1.82) is 5.41 Å². The summed E-state index contributed by atoms with van der Waals surface area (Å²) in [5.74, 6) is 1.58. The Morgan fingerprint density at radius 2 is 2.08 bits per heavy atom. The fourth-order valence-corrected chi connectivity index (χ4v) is 2.90. The van der Waals surface area contributed by atoms with Crippen LogP contribution in [0.3, 0.4) is 0 Å². The molecule has 2 nitrogen and oxygen atoms in total. The van der Waals surface area contributed by atoms with Crippen LogP contribution in [0.15, 0.2) is 0 Å². The molecule has 0 aromatic carbocycles. The zero-order valence-corrected chi connectivity index (χ0v) is 8.77. The highest BCUT2D eigenvalue weighted by Gasteiger charge is 2.47. The molecule has 0 radical (unpaired) electrons. The summed E-state index contributed by atoms with van der Waals surface area (Å²) in [5.41, 5.74) is 0.793. The number of amidine groups is 1. The number of rotatable bonds is 2. The first-order valence-electron chi connectivity index (χ1n) is 5.38. The smallest absolute Gasteiger partial charge is 0.0923 e. The van der Waals surface area contributed by atoms with Crippen LogP contribution in [0.1, 0.15) is 39.0 Å². The lowest BCUT2D eigenvalue weighted by atomic mass is 9.52. The Labute approximate surface area is 80.8 Å². The summed E-state index contributed by atoms with van der Waals surface area (Å²) in [7, 11) is 2.04. The molecule has 2 saturated carbocycles. The van der Waals surface area contributed by atoms with Crippen molar-refractivity contribution in [2.75, 3.05) is 13.6 Å². The van der Waals surface area contributed by atoms with E-state index in [1.54, 1.807) is 0 Å². The van der Waals surface area contributed by atoms with Gasteiger partial charge in [0.2, 0.25) is 0 Å². The largest absolute Gasteiger partial charge is 0.364 e. The molecule has 0 unspecified atom stereocenters. The highest BCUT2D eigenvalue weighted by atomic mass is 15.1. The van der Waals surface area contributed by atoms with Crippen LogP contribution in [0.5, 0.6) is 0 Å². The molecule has 2 heteroatoms. The normalized spacial score (nSPS) is 25.1. The lowest BCUT2D eigenvalue weighted by Gasteiger charge is -2.55. The standard InChI is InChI=1S/C11H20N2/c1-9(12)13(2)8-10-6-11(7-10)4-3-5-11/h10,12H,3-8H2,1-2H3. The summed E-state index contributed by atoms with van der Waals surface area (Å²) >= 11 is 0. The van der Waals surface area contributed by atoms with Gasteiger partial charge in [-0.2, -0.15) is 0 Å². The summed E-state index contributed by atoms with van der Waals surface area (Å²) in [5, 5.41) is 7.48. The molecular weight excluding hydrogens is 160 g/mol. The van der Waals surface area contributed by atoms with Gasteiger partial charge >= 0.3 is 0 Å². The maximum absolute atomic E-state index is 7.48. The van der Waals surface area contributed by atoms with E-state index in [1.165, 1.54) is 32.1 Å². The first-order valence-corrected chi connectivity index (χ1v) is 5.38. The zero-order valence-electron chi connectivity index (χ0n) is 8.77. The van der Waals surface area contributed by atoms with Crippen LogP contribution in [0.2, 0.25) is 0 Å². The average molecular weight is 180 g/mol. The van der Waals surface area contributed by atoms with E-state index in [0.29, 0.717) is 5.84 Å². The Bertz CT molecular complexity index is 210. The SMILES string of the molecule is CC(=N)N(C)CC1CC2(CCC2)C1. The molecule has 1 N–H and O–H groups in total. The summed E-state index contributed by atoms with van der Waals surface area (Å²) < 4.78 is 0. The van der Waals surface area contributed by atoms with Crippen molar-refractivity contribution in [1.82, 2.24) is 4.90 Å². The van der Waals surface area contributed by atoms with Crippen molar-refractivity contribution < 1.29 is 0 Å². The van der Waals surface area contributed by atoms with E-state index in [1.807, 2.05) is 14.0 Å². The minimum absolute atomic E-state index is 0.703. The molecule has 0 aromatic heterocycles. The van der Waals surface area contributed by atoms with Crippen molar-refractivity contribution in [3.8, 4) is 0 Å². The molecule has 0 amide bonds. The predicted octanol–water partition coefficient (Wildman–Crippen LogP) is 2.50. The van der Waals surface area contributed by atoms with Gasteiger partial charge in [-0.3, -0.25) is 5.41 Å². The molecule has 2 aliphatic rings. The van der Waals surface area contributed by atoms with Gasteiger partial charge < -0.3 is 4.90 Å². The number of hydrogen-bond acceptors (Lipinski definition) is 1. The van der Waals surface area contributed by atoms with Gasteiger partial charge in [-0.05, 0) is 43.9 Å². The van der Waals surface area contributed by atoms with Crippen LogP contribution < -0.4 is 0 Å². The second-order valence-corrected chi connectivity index (χ2v) is 5.09. The van der Waals surface area contributed by atoms with E-state index in [4.69, 9.17) is 5.41 Å². The Morgan fingerprint density at radius 3 is 2.46 bits per heavy atom. The molecule has 74 valence electrons. The van der Waals surface area contributed by atoms with Gasteiger partial charge in [0.25, 0.3) is 0 Å². The first kappa shape index (κ1) is 9.04. The molecule has 2 fully saturated rings. The number of nitrogens with zero attached hydrogens (tertiary/aromatic N) is 1. The summed E-state index contributed by atoms with van der Waals surface area (Å²) in [6.07, 6.45) is 7.30. The Kier molecular flexibility index (Phi) is 2.09. The van der Waals surface area contributed by atoms with Crippen LogP contribution in [-0.4, -0.2) is 24.3 Å². The van der Waals surface area contributed by atoms with Gasteiger partial charge in [-0.1, -0.05) is 6.42 Å². The number of nitrogens with one attached hydrogen (secondary N) is 1. The molecule has 1 spiro atoms. The fraction of sp³-hybridized carbons (Fsp3) is 0.909. The third kappa shape index (κ3) is 1.59. The van der Waals surface area contributed by atoms with E-state index < -0.39 is 0 Å². The minimum atomic E-state index is 0.703. The Hall–Kier alpha value is -0.530. The molecule has 0 saturated heterocycles. The second kappa shape index (κ2) is 3.00. The molecule has 0 aromatic rings. The molecule has 0 atom stereocenters. The quantitative estimate of drug-likeness (QED) is 0.513. The summed E-state index contributed by atoms with van der Waals surface area (Å²) in [6, 6.07) is 0. The monoisotopic (exact) mass is 180 g/mol. The van der Waals surface area contributed by atoms with Crippen LogP contribution in [0.4, 0.5) is 0 Å². The fourth-order valence-electron chi connectivity index (χ4n) is 2.90. The van der Waals surface area contributed by atoms with Crippen LogP contribution in [-0.2, 0) is 0 Å². The van der Waals surface area contributed by atoms with Gasteiger partial charge in [0, 0.05) is 13.6 Å². The van der Waals surface area contributed by atoms with Crippen molar-refractivity contribution in [2.24, 2.45) is 11.3 Å². The van der Waals surface area contributed by atoms with E-state index in [0.717, 1.165) is 17.9 Å². The highest BCUT2D eigenvalue weighted by molar-refractivity contribution is 5.75. The van der Waals surface area contributed by atoms with Crippen molar-refractivity contribution >= 4 is 5.84 Å². The Balaban J connectivity index is 1.71. The van der Waals surface area contributed by atoms with Crippen LogP contribution in [0, 0.1) is 16.7 Å². The zero-order chi connectivity index (χ0) is 9.47. The third-order valence-electron chi connectivity index (χ3n) is 3.96. The lowest BCUT2D eigenvalue weighted by Crippen LogP contribution is -2.46. The highest BCUT2D eigenvalue weighted by Crippen LogP contribution is 2.58. The van der Waals surface area contributed by atoms with Crippen molar-refractivity contribution in [3.63, 3.8) is 0 Å². The van der Waals surface area contributed by atoms with Gasteiger partial charge in [0.1, 0.15) is 0 Å². The van der Waals surface area contributed by atoms with E-state index in [-0.39, 0.29) is 0 Å². The van der Waals surface area contributed by atoms with Gasteiger partial charge in [-0.15, -0.1) is 0 Å². The van der Waals surface area contributed by atoms with E-state index in [2.05, 4.69) is 4.90 Å². The van der Waals surface area contributed by atoms with E-state index in [9.17, 15) is 0 Å². The lowest BCUT2D eigenvalue weighted by molar-refractivity contribution is -0.0298. The Morgan fingerprint density at radius 1 is 1.46 bits per heavy atom. The van der Waals surface area contributed by atoms with Gasteiger partial charge in [-0.25, -0.2) is 0 Å². The topological polar surface area (TPSA) is 27.1 Å². The molecule has 2 aliphatic carbocycles. The molecule has 0 aliphatic heterocycles. The van der Waals surface area contributed by atoms with Crippen LogP contribution in [0.25, 0.3) is 0 Å². The predicted molar refractivity (Wildman–Crippen MR) is 55.0 cm³/mol. The maximum atomic E-state index is 7.48. The second-order valence-electron chi connectivity index (χ2n) is 5.09. The van der Waals surface area contributed by atoms with Gasteiger partial charge in [0.15, 0.2) is 0 Å². The van der Waals surface area contributed by atoms with Crippen molar-refractivity contribution in [2.45, 2.75) is 39.0 Å². The maximum Gasteiger partial charge on any atom is 0.0923 e. The molecule has 13 heavy (non-hydrogen) atoms. The molecule has 2 rings (SSSR count). The van der Waals surface area contributed by atoms with Crippen molar-refractivity contribution in [3.05, 3.63) is 0 Å². The van der Waals surface area contributed by atoms with Crippen LogP contribution >= 0.6 is 0 Å². The molecule has 0 bridgehead atoms. The minimum Gasteiger partial charge on any atom is -0.364 e. The first-order chi connectivity index (χ1) is 6.11. The van der Waals surface area contributed by atoms with E-state index >= 15 is 0 Å².